The van der Waals surface area contributed by atoms with Crippen LogP contribution in [0.25, 0.3) is 21.0 Å². The molecular weight excluding hydrogens is 286 g/mol. The minimum absolute atomic E-state index is 0.563. The van der Waals surface area contributed by atoms with Gasteiger partial charge in [0.05, 0.1) is 10.2 Å². The van der Waals surface area contributed by atoms with Crippen LogP contribution in [-0.2, 0) is 0 Å². The second kappa shape index (κ2) is 5.56. The number of anilines is 1. The summed E-state index contributed by atoms with van der Waals surface area (Å²) >= 11 is 6.80. The van der Waals surface area contributed by atoms with E-state index < -0.39 is 0 Å². The van der Waals surface area contributed by atoms with Gasteiger partial charge in [0, 0.05) is 11.9 Å². The van der Waals surface area contributed by atoms with E-state index >= 15 is 0 Å². The molecule has 0 aliphatic rings. The van der Waals surface area contributed by atoms with Gasteiger partial charge in [0.2, 0.25) is 0 Å². The quantitative estimate of drug-likeness (QED) is 0.568. The Morgan fingerprint density at radius 3 is 3.00 bits per heavy atom. The molecule has 0 saturated carbocycles. The molecular formula is C15H13N3S2. The standard InChI is InChI=1S/C15H13N3S2/c1-2-9-16-14(19)18-15-17-13-11-6-4-3-5-10(11)7-8-12(13)20-15/h2-8H,1,9H2,(H2,16,17,18,19). The van der Waals surface area contributed by atoms with Crippen LogP contribution in [0.1, 0.15) is 0 Å². The predicted octanol–water partition coefficient (Wildman–Crippen LogP) is 3.92. The molecule has 0 amide bonds. The number of thiazole rings is 1. The summed E-state index contributed by atoms with van der Waals surface area (Å²) in [6.45, 7) is 4.28. The van der Waals surface area contributed by atoms with Crippen LogP contribution in [0.5, 0.6) is 0 Å². The molecule has 0 radical (unpaired) electrons. The van der Waals surface area contributed by atoms with Crippen LogP contribution >= 0.6 is 23.6 Å². The molecule has 100 valence electrons. The van der Waals surface area contributed by atoms with Crippen molar-refractivity contribution < 1.29 is 0 Å². The third kappa shape index (κ3) is 2.50. The van der Waals surface area contributed by atoms with Crippen molar-refractivity contribution in [3.8, 4) is 0 Å². The molecule has 5 heteroatoms. The lowest BCUT2D eigenvalue weighted by atomic mass is 10.1. The van der Waals surface area contributed by atoms with E-state index in [-0.39, 0.29) is 0 Å². The lowest BCUT2D eigenvalue weighted by Gasteiger charge is -2.04. The fourth-order valence-corrected chi connectivity index (χ4v) is 3.15. The van der Waals surface area contributed by atoms with Crippen LogP contribution in [0.4, 0.5) is 5.13 Å². The van der Waals surface area contributed by atoms with Crippen molar-refractivity contribution in [3.05, 3.63) is 49.1 Å². The molecule has 2 aromatic carbocycles. The fraction of sp³-hybridized carbons (Fsp3) is 0.0667. The van der Waals surface area contributed by atoms with Crippen molar-refractivity contribution >= 4 is 54.8 Å². The van der Waals surface area contributed by atoms with Crippen molar-refractivity contribution in [3.63, 3.8) is 0 Å². The summed E-state index contributed by atoms with van der Waals surface area (Å²) in [5, 5.41) is 9.87. The maximum absolute atomic E-state index is 5.20. The summed E-state index contributed by atoms with van der Waals surface area (Å²) in [5.74, 6) is 0. The highest BCUT2D eigenvalue weighted by Gasteiger charge is 2.08. The van der Waals surface area contributed by atoms with Gasteiger partial charge in [-0.1, -0.05) is 47.7 Å². The highest BCUT2D eigenvalue weighted by Crippen LogP contribution is 2.31. The maximum Gasteiger partial charge on any atom is 0.190 e. The Labute approximate surface area is 126 Å². The van der Waals surface area contributed by atoms with Gasteiger partial charge in [-0.2, -0.15) is 0 Å². The first-order valence-corrected chi connectivity index (χ1v) is 7.44. The average Bonchev–Trinajstić information content (AvgIpc) is 2.88. The molecule has 3 aromatic rings. The van der Waals surface area contributed by atoms with Crippen LogP contribution < -0.4 is 10.6 Å². The van der Waals surface area contributed by atoms with Gasteiger partial charge >= 0.3 is 0 Å². The van der Waals surface area contributed by atoms with Gasteiger partial charge in [-0.25, -0.2) is 4.98 Å². The minimum atomic E-state index is 0.563. The first kappa shape index (κ1) is 13.0. The number of rotatable bonds is 3. The number of hydrogen-bond acceptors (Lipinski definition) is 3. The Kier molecular flexibility index (Phi) is 3.62. The average molecular weight is 299 g/mol. The molecule has 0 atom stereocenters. The van der Waals surface area contributed by atoms with Gasteiger partial charge in [0.25, 0.3) is 0 Å². The van der Waals surface area contributed by atoms with Crippen molar-refractivity contribution in [2.45, 2.75) is 0 Å². The first-order valence-electron chi connectivity index (χ1n) is 6.22. The van der Waals surface area contributed by atoms with Crippen molar-refractivity contribution in [2.24, 2.45) is 0 Å². The summed E-state index contributed by atoms with van der Waals surface area (Å²) in [5.41, 5.74) is 1.02. The van der Waals surface area contributed by atoms with Gasteiger partial charge in [0.15, 0.2) is 10.2 Å². The van der Waals surface area contributed by atoms with Crippen LogP contribution in [-0.4, -0.2) is 16.6 Å². The smallest absolute Gasteiger partial charge is 0.190 e. The Hall–Kier alpha value is -1.98. The molecule has 20 heavy (non-hydrogen) atoms. The topological polar surface area (TPSA) is 37.0 Å². The van der Waals surface area contributed by atoms with Crippen molar-refractivity contribution in [2.75, 3.05) is 11.9 Å². The molecule has 0 aliphatic carbocycles. The predicted molar refractivity (Wildman–Crippen MR) is 91.5 cm³/mol. The summed E-state index contributed by atoms with van der Waals surface area (Å²) in [7, 11) is 0. The van der Waals surface area contributed by atoms with Crippen LogP contribution in [0.15, 0.2) is 49.1 Å². The van der Waals surface area contributed by atoms with Gasteiger partial charge < -0.3 is 10.6 Å². The molecule has 1 heterocycles. The zero-order valence-electron chi connectivity index (χ0n) is 10.7. The highest BCUT2D eigenvalue weighted by atomic mass is 32.1. The molecule has 3 nitrogen and oxygen atoms in total. The second-order valence-corrected chi connectivity index (χ2v) is 5.72. The van der Waals surface area contributed by atoms with Crippen molar-refractivity contribution in [1.29, 1.82) is 0 Å². The summed E-state index contributed by atoms with van der Waals surface area (Å²) in [6, 6.07) is 12.5. The van der Waals surface area contributed by atoms with E-state index in [1.807, 2.05) is 12.1 Å². The SMILES string of the molecule is C=CCNC(=S)Nc1nc2c(ccc3ccccc32)s1. The van der Waals surface area contributed by atoms with Crippen molar-refractivity contribution in [1.82, 2.24) is 10.3 Å². The minimum Gasteiger partial charge on any atom is -0.359 e. The lowest BCUT2D eigenvalue weighted by molar-refractivity contribution is 1.06. The Morgan fingerprint density at radius 1 is 1.30 bits per heavy atom. The van der Waals surface area contributed by atoms with E-state index in [1.165, 1.54) is 10.8 Å². The van der Waals surface area contributed by atoms with E-state index in [9.17, 15) is 0 Å². The number of nitrogens with one attached hydrogen (secondary N) is 2. The van der Waals surface area contributed by atoms with Crippen LogP contribution in [0.2, 0.25) is 0 Å². The zero-order chi connectivity index (χ0) is 13.9. The number of benzene rings is 2. The highest BCUT2D eigenvalue weighted by molar-refractivity contribution is 7.80. The van der Waals surface area contributed by atoms with Crippen LogP contribution in [0.3, 0.4) is 0 Å². The second-order valence-electron chi connectivity index (χ2n) is 4.28. The molecule has 0 aliphatic heterocycles. The Bertz CT molecular complexity index is 792. The fourth-order valence-electron chi connectivity index (χ4n) is 2.02. The van der Waals surface area contributed by atoms with E-state index in [2.05, 4.69) is 46.5 Å². The van der Waals surface area contributed by atoms with E-state index in [0.29, 0.717) is 11.7 Å². The molecule has 1 aromatic heterocycles. The maximum atomic E-state index is 5.20. The molecule has 0 unspecified atom stereocenters. The number of thiocarbonyl (C=S) groups is 1. The van der Waals surface area contributed by atoms with Crippen LogP contribution in [0, 0.1) is 0 Å². The third-order valence-electron chi connectivity index (χ3n) is 2.91. The van der Waals surface area contributed by atoms with Gasteiger partial charge in [-0.3, -0.25) is 0 Å². The number of nitrogens with zero attached hydrogens (tertiary/aromatic N) is 1. The zero-order valence-corrected chi connectivity index (χ0v) is 12.4. The molecule has 0 bridgehead atoms. The third-order valence-corrected chi connectivity index (χ3v) is 4.09. The summed E-state index contributed by atoms with van der Waals surface area (Å²) in [4.78, 5) is 4.64. The summed E-state index contributed by atoms with van der Waals surface area (Å²) in [6.07, 6.45) is 1.76. The normalized spacial score (nSPS) is 10.6. The lowest BCUT2D eigenvalue weighted by Crippen LogP contribution is -2.28. The van der Waals surface area contributed by atoms with Gasteiger partial charge in [-0.15, -0.1) is 6.58 Å². The first-order chi connectivity index (χ1) is 9.78. The Balaban J connectivity index is 1.96. The number of fused-ring (bicyclic) bond motifs is 3. The summed E-state index contributed by atoms with van der Waals surface area (Å²) < 4.78 is 1.15. The molecule has 0 saturated heterocycles. The van der Waals surface area contributed by atoms with Gasteiger partial charge in [0.1, 0.15) is 0 Å². The molecule has 0 fully saturated rings. The molecule has 0 spiro atoms. The number of hydrogen-bond donors (Lipinski definition) is 2. The van der Waals surface area contributed by atoms with E-state index in [4.69, 9.17) is 12.2 Å². The monoisotopic (exact) mass is 299 g/mol. The molecule has 3 rings (SSSR count). The largest absolute Gasteiger partial charge is 0.359 e. The van der Waals surface area contributed by atoms with E-state index in [1.54, 1.807) is 17.4 Å². The van der Waals surface area contributed by atoms with E-state index in [0.717, 1.165) is 15.3 Å². The molecule has 2 N–H and O–H groups in total. The Morgan fingerprint density at radius 2 is 2.15 bits per heavy atom. The van der Waals surface area contributed by atoms with Gasteiger partial charge in [-0.05, 0) is 23.7 Å². The number of aromatic nitrogens is 1.